The van der Waals surface area contributed by atoms with E-state index in [1.807, 2.05) is 0 Å². The predicted octanol–water partition coefficient (Wildman–Crippen LogP) is 1.71. The Morgan fingerprint density at radius 3 is 2.83 bits per heavy atom. The number of hydrogen-bond donors (Lipinski definition) is 2. The zero-order chi connectivity index (χ0) is 12.6. The normalized spacial score (nSPS) is 25.0. The SMILES string of the molecule is Nc1nnc(CNC(=O)C2CC23CCCCC3)s1. The van der Waals surface area contributed by atoms with Gasteiger partial charge < -0.3 is 11.1 Å². The number of amides is 1. The van der Waals surface area contributed by atoms with Gasteiger partial charge in [-0.3, -0.25) is 4.79 Å². The third-order valence-corrected chi connectivity index (χ3v) is 5.00. The molecular weight excluding hydrogens is 248 g/mol. The molecule has 0 saturated heterocycles. The summed E-state index contributed by atoms with van der Waals surface area (Å²) in [6, 6.07) is 0. The molecule has 0 bridgehead atoms. The summed E-state index contributed by atoms with van der Waals surface area (Å²) in [5, 5.41) is 11.8. The van der Waals surface area contributed by atoms with E-state index in [1.165, 1.54) is 43.4 Å². The van der Waals surface area contributed by atoms with Crippen LogP contribution in [0.1, 0.15) is 43.5 Å². The maximum atomic E-state index is 12.1. The predicted molar refractivity (Wildman–Crippen MR) is 69.8 cm³/mol. The summed E-state index contributed by atoms with van der Waals surface area (Å²) in [6.45, 7) is 0.459. The number of nitrogens with one attached hydrogen (secondary N) is 1. The van der Waals surface area contributed by atoms with E-state index < -0.39 is 0 Å². The van der Waals surface area contributed by atoms with Crippen molar-refractivity contribution >= 4 is 22.4 Å². The average Bonchev–Trinajstić information content (AvgIpc) is 2.89. The van der Waals surface area contributed by atoms with Gasteiger partial charge in [0.1, 0.15) is 5.01 Å². The Kier molecular flexibility index (Phi) is 2.97. The molecule has 18 heavy (non-hydrogen) atoms. The summed E-state index contributed by atoms with van der Waals surface area (Å²) in [6.07, 6.45) is 7.46. The van der Waals surface area contributed by atoms with Crippen LogP contribution in [0.15, 0.2) is 0 Å². The van der Waals surface area contributed by atoms with E-state index in [1.54, 1.807) is 0 Å². The first-order valence-electron chi connectivity index (χ1n) is 6.55. The van der Waals surface area contributed by atoms with Gasteiger partial charge in [-0.15, -0.1) is 10.2 Å². The fraction of sp³-hybridized carbons (Fsp3) is 0.750. The molecule has 1 unspecified atom stereocenters. The molecule has 2 aliphatic rings. The van der Waals surface area contributed by atoms with Crippen LogP contribution in [-0.4, -0.2) is 16.1 Å². The lowest BCUT2D eigenvalue weighted by Gasteiger charge is -2.21. The lowest BCUT2D eigenvalue weighted by atomic mass is 9.84. The van der Waals surface area contributed by atoms with Crippen molar-refractivity contribution in [1.29, 1.82) is 0 Å². The summed E-state index contributed by atoms with van der Waals surface area (Å²) >= 11 is 1.33. The average molecular weight is 266 g/mol. The Hall–Kier alpha value is -1.17. The molecule has 6 heteroatoms. The van der Waals surface area contributed by atoms with Crippen molar-refractivity contribution in [1.82, 2.24) is 15.5 Å². The van der Waals surface area contributed by atoms with Gasteiger partial charge in [-0.25, -0.2) is 0 Å². The van der Waals surface area contributed by atoms with Gasteiger partial charge in [0.2, 0.25) is 11.0 Å². The summed E-state index contributed by atoms with van der Waals surface area (Å²) < 4.78 is 0. The molecule has 0 radical (unpaired) electrons. The number of anilines is 1. The molecular formula is C12H18N4OS. The Morgan fingerprint density at radius 2 is 2.17 bits per heavy atom. The van der Waals surface area contributed by atoms with Crippen LogP contribution in [0.2, 0.25) is 0 Å². The van der Waals surface area contributed by atoms with E-state index in [0.29, 0.717) is 17.1 Å². The Balaban J connectivity index is 1.51. The van der Waals surface area contributed by atoms with Gasteiger partial charge in [0.25, 0.3) is 0 Å². The van der Waals surface area contributed by atoms with Crippen LogP contribution in [0.3, 0.4) is 0 Å². The number of hydrogen-bond acceptors (Lipinski definition) is 5. The minimum Gasteiger partial charge on any atom is -0.374 e. The van der Waals surface area contributed by atoms with Gasteiger partial charge in [-0.2, -0.15) is 0 Å². The fourth-order valence-electron chi connectivity index (χ4n) is 3.15. The molecule has 98 valence electrons. The minimum atomic E-state index is 0.186. The van der Waals surface area contributed by atoms with E-state index >= 15 is 0 Å². The van der Waals surface area contributed by atoms with Crippen molar-refractivity contribution < 1.29 is 4.79 Å². The minimum absolute atomic E-state index is 0.186. The van der Waals surface area contributed by atoms with Gasteiger partial charge in [0.15, 0.2) is 0 Å². The molecule has 0 aromatic carbocycles. The molecule has 2 saturated carbocycles. The number of nitrogens with zero attached hydrogens (tertiary/aromatic N) is 2. The molecule has 1 atom stereocenters. The summed E-state index contributed by atoms with van der Waals surface area (Å²) in [5.41, 5.74) is 5.85. The van der Waals surface area contributed by atoms with Crippen molar-refractivity contribution in [3.8, 4) is 0 Å². The first-order valence-corrected chi connectivity index (χ1v) is 7.37. The standard InChI is InChI=1S/C12H18N4OS/c13-11-16-15-9(18-11)7-14-10(17)8-6-12(8)4-2-1-3-5-12/h8H,1-7H2,(H2,13,16)(H,14,17). The second-order valence-electron chi connectivity index (χ2n) is 5.43. The number of aromatic nitrogens is 2. The molecule has 2 fully saturated rings. The number of carbonyl (C=O) groups is 1. The van der Waals surface area contributed by atoms with Crippen LogP contribution >= 0.6 is 11.3 Å². The van der Waals surface area contributed by atoms with Crippen LogP contribution in [0.5, 0.6) is 0 Å². The summed E-state index contributed by atoms with van der Waals surface area (Å²) in [4.78, 5) is 12.1. The Labute approximate surface area is 110 Å². The largest absolute Gasteiger partial charge is 0.374 e. The highest BCUT2D eigenvalue weighted by Gasteiger charge is 2.57. The second-order valence-corrected chi connectivity index (χ2v) is 6.53. The number of carbonyl (C=O) groups excluding carboxylic acids is 1. The first-order chi connectivity index (χ1) is 8.70. The summed E-state index contributed by atoms with van der Waals surface area (Å²) in [7, 11) is 0. The maximum absolute atomic E-state index is 12.1. The molecule has 0 aliphatic heterocycles. The van der Waals surface area contributed by atoms with Crippen LogP contribution in [-0.2, 0) is 11.3 Å². The molecule has 1 spiro atoms. The molecule has 1 aromatic rings. The van der Waals surface area contributed by atoms with Gasteiger partial charge in [0.05, 0.1) is 6.54 Å². The molecule has 1 amide bonds. The van der Waals surface area contributed by atoms with Gasteiger partial charge >= 0.3 is 0 Å². The highest BCUT2D eigenvalue weighted by Crippen LogP contribution is 2.61. The summed E-state index contributed by atoms with van der Waals surface area (Å²) in [5.74, 6) is 0.425. The molecule has 1 aromatic heterocycles. The third-order valence-electron chi connectivity index (χ3n) is 4.25. The monoisotopic (exact) mass is 266 g/mol. The van der Waals surface area contributed by atoms with E-state index in [0.717, 1.165) is 11.4 Å². The van der Waals surface area contributed by atoms with Crippen LogP contribution in [0.4, 0.5) is 5.13 Å². The highest BCUT2D eigenvalue weighted by atomic mass is 32.1. The lowest BCUT2D eigenvalue weighted by molar-refractivity contribution is -0.123. The van der Waals surface area contributed by atoms with Gasteiger partial charge in [-0.1, -0.05) is 30.6 Å². The smallest absolute Gasteiger partial charge is 0.224 e. The zero-order valence-corrected chi connectivity index (χ0v) is 11.1. The molecule has 3 rings (SSSR count). The Morgan fingerprint density at radius 1 is 1.39 bits per heavy atom. The molecule has 3 N–H and O–H groups in total. The second kappa shape index (κ2) is 4.50. The topological polar surface area (TPSA) is 80.9 Å². The van der Waals surface area contributed by atoms with Crippen LogP contribution in [0, 0.1) is 11.3 Å². The Bertz CT molecular complexity index is 453. The fourth-order valence-corrected chi connectivity index (χ4v) is 3.70. The van der Waals surface area contributed by atoms with Gasteiger partial charge in [-0.05, 0) is 24.7 Å². The highest BCUT2D eigenvalue weighted by molar-refractivity contribution is 7.15. The van der Waals surface area contributed by atoms with Crippen molar-refractivity contribution in [3.63, 3.8) is 0 Å². The molecule has 1 heterocycles. The van der Waals surface area contributed by atoms with Gasteiger partial charge in [0, 0.05) is 5.92 Å². The third kappa shape index (κ3) is 2.21. The number of rotatable bonds is 3. The lowest BCUT2D eigenvalue weighted by Crippen LogP contribution is -2.27. The van der Waals surface area contributed by atoms with Crippen LogP contribution in [0.25, 0.3) is 0 Å². The van der Waals surface area contributed by atoms with Crippen molar-refractivity contribution in [3.05, 3.63) is 5.01 Å². The quantitative estimate of drug-likeness (QED) is 0.872. The molecule has 2 aliphatic carbocycles. The zero-order valence-electron chi connectivity index (χ0n) is 10.3. The van der Waals surface area contributed by atoms with E-state index in [9.17, 15) is 4.79 Å². The number of nitrogen functional groups attached to an aromatic ring is 1. The first kappa shape index (κ1) is 11.9. The van der Waals surface area contributed by atoms with E-state index in [2.05, 4.69) is 15.5 Å². The maximum Gasteiger partial charge on any atom is 0.224 e. The van der Waals surface area contributed by atoms with Crippen molar-refractivity contribution in [2.45, 2.75) is 45.1 Å². The van der Waals surface area contributed by atoms with Crippen molar-refractivity contribution in [2.75, 3.05) is 5.73 Å². The number of nitrogens with two attached hydrogens (primary N) is 1. The molecule has 5 nitrogen and oxygen atoms in total. The van der Waals surface area contributed by atoms with E-state index in [4.69, 9.17) is 5.73 Å². The van der Waals surface area contributed by atoms with E-state index in [-0.39, 0.29) is 11.8 Å². The van der Waals surface area contributed by atoms with Crippen LogP contribution < -0.4 is 11.1 Å². The van der Waals surface area contributed by atoms with Crippen molar-refractivity contribution in [2.24, 2.45) is 11.3 Å².